The maximum Gasteiger partial charge on any atom is 0.138 e. The third-order valence-electron chi connectivity index (χ3n) is 3.26. The van der Waals surface area contributed by atoms with Crippen LogP contribution in [0.2, 0.25) is 0 Å². The van der Waals surface area contributed by atoms with Crippen LogP contribution in [-0.2, 0) is 18.5 Å². The van der Waals surface area contributed by atoms with E-state index in [-0.39, 0.29) is 5.82 Å². The second kappa shape index (κ2) is 5.71. The van der Waals surface area contributed by atoms with Crippen molar-refractivity contribution in [2.75, 3.05) is 0 Å². The molecule has 0 saturated heterocycles. The summed E-state index contributed by atoms with van der Waals surface area (Å²) < 4.78 is 14.9. The van der Waals surface area contributed by atoms with E-state index in [4.69, 9.17) is 5.73 Å². The van der Waals surface area contributed by atoms with Crippen LogP contribution in [0.4, 0.5) is 4.39 Å². The molecule has 0 aliphatic rings. The lowest BCUT2D eigenvalue weighted by Gasteiger charge is -2.25. The lowest BCUT2D eigenvalue weighted by molar-refractivity contribution is 0.422. The molecule has 0 fully saturated rings. The summed E-state index contributed by atoms with van der Waals surface area (Å²) in [5.74, 6) is 1.09. The van der Waals surface area contributed by atoms with Gasteiger partial charge in [-0.1, -0.05) is 26.0 Å². The molecular weight excluding hydrogens is 255 g/mol. The van der Waals surface area contributed by atoms with Gasteiger partial charge in [-0.05, 0) is 30.5 Å². The highest BCUT2D eigenvalue weighted by molar-refractivity contribution is 5.25. The van der Waals surface area contributed by atoms with Gasteiger partial charge in [0.25, 0.3) is 0 Å². The third-order valence-corrected chi connectivity index (χ3v) is 3.26. The molecule has 0 bridgehead atoms. The fourth-order valence-electron chi connectivity index (χ4n) is 2.18. The highest BCUT2D eigenvalue weighted by Crippen LogP contribution is 2.22. The van der Waals surface area contributed by atoms with Crippen LogP contribution in [0.15, 0.2) is 30.6 Å². The van der Waals surface area contributed by atoms with Crippen molar-refractivity contribution in [3.8, 4) is 0 Å². The zero-order valence-electron chi connectivity index (χ0n) is 12.2. The molecule has 4 nitrogen and oxygen atoms in total. The van der Waals surface area contributed by atoms with Crippen LogP contribution in [0.3, 0.4) is 0 Å². The van der Waals surface area contributed by atoms with Gasteiger partial charge in [-0.25, -0.2) is 14.1 Å². The maximum atomic E-state index is 13.0. The molecule has 2 rings (SSSR count). The monoisotopic (exact) mass is 276 g/mol. The second-order valence-corrected chi connectivity index (χ2v) is 5.85. The molecular formula is C15H21FN4. The molecule has 2 N–H and O–H groups in total. The normalized spacial score (nSPS) is 14.5. The molecule has 0 saturated carbocycles. The number of aromatic nitrogens is 3. The highest BCUT2D eigenvalue weighted by atomic mass is 19.1. The Balaban J connectivity index is 2.19. The van der Waals surface area contributed by atoms with Crippen molar-refractivity contribution >= 4 is 0 Å². The molecule has 20 heavy (non-hydrogen) atoms. The van der Waals surface area contributed by atoms with Crippen molar-refractivity contribution in [2.24, 2.45) is 11.7 Å². The van der Waals surface area contributed by atoms with Gasteiger partial charge in [0.05, 0.1) is 0 Å². The van der Waals surface area contributed by atoms with Gasteiger partial charge in [0.1, 0.15) is 18.0 Å². The molecule has 1 aromatic carbocycles. The molecule has 0 aliphatic heterocycles. The van der Waals surface area contributed by atoms with Gasteiger partial charge < -0.3 is 5.73 Å². The summed E-state index contributed by atoms with van der Waals surface area (Å²) in [5.41, 5.74) is 6.66. The molecule has 108 valence electrons. The van der Waals surface area contributed by atoms with Gasteiger partial charge in [-0.2, -0.15) is 5.10 Å². The first-order valence-corrected chi connectivity index (χ1v) is 6.80. The van der Waals surface area contributed by atoms with Crippen LogP contribution in [0, 0.1) is 11.7 Å². The Hall–Kier alpha value is -1.75. The summed E-state index contributed by atoms with van der Waals surface area (Å²) >= 11 is 0. The van der Waals surface area contributed by atoms with Crippen LogP contribution in [0.5, 0.6) is 0 Å². The zero-order chi connectivity index (χ0) is 14.8. The fraction of sp³-hybridized carbons (Fsp3) is 0.467. The Morgan fingerprint density at radius 2 is 1.95 bits per heavy atom. The molecule has 0 spiro atoms. The first-order chi connectivity index (χ1) is 9.38. The summed E-state index contributed by atoms with van der Waals surface area (Å²) in [6.45, 7) is 7.00. The Bertz CT molecular complexity index is 558. The first kappa shape index (κ1) is 14.7. The van der Waals surface area contributed by atoms with Gasteiger partial charge in [0.15, 0.2) is 0 Å². The quantitative estimate of drug-likeness (QED) is 0.912. The minimum atomic E-state index is -0.602. The third kappa shape index (κ3) is 3.42. The summed E-state index contributed by atoms with van der Waals surface area (Å²) in [7, 11) is 0. The van der Waals surface area contributed by atoms with Crippen molar-refractivity contribution in [3.63, 3.8) is 0 Å². The minimum absolute atomic E-state index is 0.257. The average Bonchev–Trinajstić information content (AvgIpc) is 2.75. The Morgan fingerprint density at radius 3 is 2.55 bits per heavy atom. The highest BCUT2D eigenvalue weighted by Gasteiger charge is 2.24. The molecule has 2 aromatic rings. The van der Waals surface area contributed by atoms with E-state index in [2.05, 4.69) is 23.9 Å². The summed E-state index contributed by atoms with van der Waals surface area (Å²) in [6, 6.07) is 6.30. The molecule has 1 atom stereocenters. The predicted octanol–water partition coefficient (Wildman–Crippen LogP) is 2.49. The number of benzene rings is 1. The summed E-state index contributed by atoms with van der Waals surface area (Å²) in [5, 5.41) is 4.24. The summed E-state index contributed by atoms with van der Waals surface area (Å²) in [4.78, 5) is 4.30. The smallest absolute Gasteiger partial charge is 0.138 e. The Kier molecular flexibility index (Phi) is 4.18. The second-order valence-electron chi connectivity index (χ2n) is 5.85. The van der Waals surface area contributed by atoms with Crippen molar-refractivity contribution in [2.45, 2.75) is 39.3 Å². The molecule has 0 radical (unpaired) electrons. The maximum absolute atomic E-state index is 13.0. The summed E-state index contributed by atoms with van der Waals surface area (Å²) in [6.07, 6.45) is 2.11. The van der Waals surface area contributed by atoms with E-state index in [9.17, 15) is 4.39 Å². The van der Waals surface area contributed by atoms with Crippen LogP contribution < -0.4 is 5.73 Å². The lowest BCUT2D eigenvalue weighted by atomic mass is 9.89. The molecule has 1 unspecified atom stereocenters. The van der Waals surface area contributed by atoms with E-state index in [1.807, 2.05) is 11.6 Å². The van der Waals surface area contributed by atoms with Crippen molar-refractivity contribution in [3.05, 3.63) is 47.8 Å². The van der Waals surface area contributed by atoms with Gasteiger partial charge in [0.2, 0.25) is 0 Å². The van der Waals surface area contributed by atoms with Crippen LogP contribution in [0.25, 0.3) is 0 Å². The van der Waals surface area contributed by atoms with Crippen LogP contribution >= 0.6 is 0 Å². The SMILES string of the molecule is CC(C)Cn1ncnc1CC(C)(N)c1ccc(F)cc1. The van der Waals surface area contributed by atoms with Gasteiger partial charge in [-0.3, -0.25) is 0 Å². The Morgan fingerprint density at radius 1 is 1.30 bits per heavy atom. The van der Waals surface area contributed by atoms with Crippen molar-refractivity contribution in [1.29, 1.82) is 0 Å². The number of halogens is 1. The molecule has 5 heteroatoms. The van der Waals surface area contributed by atoms with Gasteiger partial charge in [-0.15, -0.1) is 0 Å². The number of rotatable bonds is 5. The topological polar surface area (TPSA) is 56.7 Å². The van der Waals surface area contributed by atoms with Crippen LogP contribution in [0.1, 0.15) is 32.2 Å². The molecule has 0 amide bonds. The largest absolute Gasteiger partial charge is 0.321 e. The Labute approximate surface area is 118 Å². The van der Waals surface area contributed by atoms with Crippen molar-refractivity contribution in [1.82, 2.24) is 14.8 Å². The standard InChI is InChI=1S/C15H21FN4/c1-11(2)9-20-14(18-10-19-20)8-15(3,17)12-4-6-13(16)7-5-12/h4-7,10-11H,8-9,17H2,1-3H3. The molecule has 1 heterocycles. The zero-order valence-corrected chi connectivity index (χ0v) is 12.2. The number of hydrogen-bond acceptors (Lipinski definition) is 3. The molecule has 0 aliphatic carbocycles. The van der Waals surface area contributed by atoms with Crippen molar-refractivity contribution < 1.29 is 4.39 Å². The van der Waals surface area contributed by atoms with Crippen LogP contribution in [-0.4, -0.2) is 14.8 Å². The number of nitrogens with two attached hydrogens (primary N) is 1. The van der Waals surface area contributed by atoms with Gasteiger partial charge >= 0.3 is 0 Å². The average molecular weight is 276 g/mol. The van der Waals surface area contributed by atoms with Gasteiger partial charge in [0, 0.05) is 18.5 Å². The van der Waals surface area contributed by atoms with E-state index >= 15 is 0 Å². The van der Waals surface area contributed by atoms with E-state index in [1.165, 1.54) is 12.1 Å². The molecule has 1 aromatic heterocycles. The van der Waals surface area contributed by atoms with E-state index in [0.717, 1.165) is 17.9 Å². The van der Waals surface area contributed by atoms with E-state index < -0.39 is 5.54 Å². The van der Waals surface area contributed by atoms with E-state index in [0.29, 0.717) is 12.3 Å². The lowest BCUT2D eigenvalue weighted by Crippen LogP contribution is -2.36. The minimum Gasteiger partial charge on any atom is -0.321 e. The van der Waals surface area contributed by atoms with E-state index in [1.54, 1.807) is 18.5 Å². The predicted molar refractivity (Wildman–Crippen MR) is 76.5 cm³/mol. The number of hydrogen-bond donors (Lipinski definition) is 1. The fourth-order valence-corrected chi connectivity index (χ4v) is 2.18. The first-order valence-electron chi connectivity index (χ1n) is 6.80. The number of nitrogens with zero attached hydrogens (tertiary/aromatic N) is 3.